The number of likely N-dealkylation sites (tertiary alicyclic amines) is 1. The SMILES string of the molecule is CCOC(=O)C1CCN(C=C2C(=O)NC(=O)N(c3ccc(OCC)cc3)C2=O)CC1. The van der Waals surface area contributed by atoms with Crippen LogP contribution in [-0.2, 0) is 19.1 Å². The molecule has 1 N–H and O–H groups in total. The fraction of sp³-hybridized carbons (Fsp3) is 0.429. The first-order chi connectivity index (χ1) is 14.4. The summed E-state index contributed by atoms with van der Waals surface area (Å²) in [6.07, 6.45) is 2.60. The van der Waals surface area contributed by atoms with Crippen LogP contribution < -0.4 is 15.0 Å². The van der Waals surface area contributed by atoms with Gasteiger partial charge in [0.15, 0.2) is 0 Å². The molecule has 0 atom stereocenters. The molecule has 9 nitrogen and oxygen atoms in total. The van der Waals surface area contributed by atoms with E-state index >= 15 is 0 Å². The molecule has 1 aromatic rings. The summed E-state index contributed by atoms with van der Waals surface area (Å²) in [6.45, 7) is 5.47. The number of hydrogen-bond acceptors (Lipinski definition) is 7. The van der Waals surface area contributed by atoms with E-state index in [1.165, 1.54) is 6.20 Å². The van der Waals surface area contributed by atoms with Gasteiger partial charge in [-0.15, -0.1) is 0 Å². The van der Waals surface area contributed by atoms with E-state index < -0.39 is 17.8 Å². The summed E-state index contributed by atoms with van der Waals surface area (Å²) in [5.74, 6) is -1.22. The van der Waals surface area contributed by atoms with Gasteiger partial charge in [0.1, 0.15) is 11.3 Å². The number of carbonyl (C=O) groups is 4. The second kappa shape index (κ2) is 9.43. The van der Waals surface area contributed by atoms with Crippen molar-refractivity contribution in [3.63, 3.8) is 0 Å². The highest BCUT2D eigenvalue weighted by molar-refractivity contribution is 6.37. The van der Waals surface area contributed by atoms with Gasteiger partial charge >= 0.3 is 12.0 Å². The molecule has 4 amide bonds. The van der Waals surface area contributed by atoms with Crippen LogP contribution in [0.25, 0.3) is 0 Å². The maximum atomic E-state index is 12.9. The van der Waals surface area contributed by atoms with Crippen LogP contribution in [0.2, 0.25) is 0 Å². The Morgan fingerprint density at radius 1 is 1.10 bits per heavy atom. The van der Waals surface area contributed by atoms with Gasteiger partial charge in [-0.2, -0.15) is 0 Å². The minimum Gasteiger partial charge on any atom is -0.494 e. The number of amides is 4. The highest BCUT2D eigenvalue weighted by atomic mass is 16.5. The summed E-state index contributed by atoms with van der Waals surface area (Å²) in [7, 11) is 0. The fourth-order valence-corrected chi connectivity index (χ4v) is 3.44. The Bertz CT molecular complexity index is 856. The Morgan fingerprint density at radius 3 is 2.37 bits per heavy atom. The van der Waals surface area contributed by atoms with E-state index in [4.69, 9.17) is 9.47 Å². The molecule has 0 aliphatic carbocycles. The molecule has 0 saturated carbocycles. The lowest BCUT2D eigenvalue weighted by Gasteiger charge is -2.32. The normalized spacial score (nSPS) is 19.1. The third kappa shape index (κ3) is 4.61. The maximum Gasteiger partial charge on any atom is 0.335 e. The monoisotopic (exact) mass is 415 g/mol. The lowest BCUT2D eigenvalue weighted by Crippen LogP contribution is -2.55. The first kappa shape index (κ1) is 21.4. The van der Waals surface area contributed by atoms with E-state index in [1.807, 2.05) is 11.8 Å². The van der Waals surface area contributed by atoms with Crippen molar-refractivity contribution in [2.75, 3.05) is 31.2 Å². The van der Waals surface area contributed by atoms with Crippen molar-refractivity contribution in [2.45, 2.75) is 26.7 Å². The smallest absolute Gasteiger partial charge is 0.335 e. The van der Waals surface area contributed by atoms with Gasteiger partial charge in [0, 0.05) is 19.3 Å². The Balaban J connectivity index is 1.73. The molecule has 0 aromatic heterocycles. The summed E-state index contributed by atoms with van der Waals surface area (Å²) < 4.78 is 10.4. The Hall–Kier alpha value is -3.36. The minimum atomic E-state index is -0.799. The number of carbonyl (C=O) groups excluding carboxylic acids is 4. The molecule has 2 fully saturated rings. The summed E-state index contributed by atoms with van der Waals surface area (Å²) >= 11 is 0. The molecule has 0 bridgehead atoms. The fourth-order valence-electron chi connectivity index (χ4n) is 3.44. The zero-order valence-corrected chi connectivity index (χ0v) is 17.1. The number of nitrogens with one attached hydrogen (secondary N) is 1. The van der Waals surface area contributed by atoms with E-state index in [9.17, 15) is 19.2 Å². The number of esters is 1. The molecule has 160 valence electrons. The van der Waals surface area contributed by atoms with Gasteiger partial charge < -0.3 is 14.4 Å². The Labute approximate surface area is 174 Å². The first-order valence-corrected chi connectivity index (χ1v) is 9.99. The number of benzene rings is 1. The molecule has 0 spiro atoms. The zero-order valence-electron chi connectivity index (χ0n) is 17.1. The number of hydrogen-bond donors (Lipinski definition) is 1. The largest absolute Gasteiger partial charge is 0.494 e. The molecule has 30 heavy (non-hydrogen) atoms. The highest BCUT2D eigenvalue weighted by Crippen LogP contribution is 2.25. The number of piperidine rings is 1. The van der Waals surface area contributed by atoms with Gasteiger partial charge in [-0.05, 0) is 51.0 Å². The third-order valence-electron chi connectivity index (χ3n) is 4.97. The molecule has 1 aromatic carbocycles. The average molecular weight is 415 g/mol. The van der Waals surface area contributed by atoms with Crippen molar-refractivity contribution >= 4 is 29.5 Å². The molecule has 0 unspecified atom stereocenters. The topological polar surface area (TPSA) is 105 Å². The zero-order chi connectivity index (χ0) is 21.7. The van der Waals surface area contributed by atoms with Gasteiger partial charge in [0.25, 0.3) is 11.8 Å². The summed E-state index contributed by atoms with van der Waals surface area (Å²) in [4.78, 5) is 52.1. The quantitative estimate of drug-likeness (QED) is 0.429. The molecular formula is C21H25N3O6. The minimum absolute atomic E-state index is 0.127. The number of rotatable bonds is 6. The van der Waals surface area contributed by atoms with Crippen LogP contribution in [0.3, 0.4) is 0 Å². The number of ether oxygens (including phenoxy) is 2. The molecule has 2 aliphatic rings. The van der Waals surface area contributed by atoms with Crippen molar-refractivity contribution in [3.8, 4) is 5.75 Å². The van der Waals surface area contributed by atoms with Crippen LogP contribution in [0.5, 0.6) is 5.75 Å². The van der Waals surface area contributed by atoms with Crippen LogP contribution in [-0.4, -0.2) is 55.0 Å². The highest BCUT2D eigenvalue weighted by Gasteiger charge is 2.37. The summed E-state index contributed by atoms with van der Waals surface area (Å²) in [5.41, 5.74) is 0.207. The van der Waals surface area contributed by atoms with E-state index in [-0.39, 0.29) is 17.5 Å². The second-order valence-corrected chi connectivity index (χ2v) is 6.93. The number of anilines is 1. The summed E-state index contributed by atoms with van der Waals surface area (Å²) in [6, 6.07) is 5.67. The molecule has 2 aliphatic heterocycles. The van der Waals surface area contributed by atoms with E-state index in [1.54, 1.807) is 31.2 Å². The third-order valence-corrected chi connectivity index (χ3v) is 4.97. The molecule has 2 saturated heterocycles. The van der Waals surface area contributed by atoms with Crippen molar-refractivity contribution in [2.24, 2.45) is 5.92 Å². The lowest BCUT2D eigenvalue weighted by molar-refractivity contribution is -0.149. The predicted molar refractivity (Wildman–Crippen MR) is 108 cm³/mol. The Morgan fingerprint density at radius 2 is 1.77 bits per heavy atom. The summed E-state index contributed by atoms with van der Waals surface area (Å²) in [5, 5.41) is 2.21. The van der Waals surface area contributed by atoms with Gasteiger partial charge in [0.05, 0.1) is 24.8 Å². The lowest BCUT2D eigenvalue weighted by atomic mass is 9.97. The van der Waals surface area contributed by atoms with Crippen LogP contribution in [0.4, 0.5) is 10.5 Å². The van der Waals surface area contributed by atoms with Crippen molar-refractivity contribution in [3.05, 3.63) is 36.0 Å². The number of nitrogens with zero attached hydrogens (tertiary/aromatic N) is 2. The van der Waals surface area contributed by atoms with Crippen molar-refractivity contribution in [1.29, 1.82) is 0 Å². The second-order valence-electron chi connectivity index (χ2n) is 6.93. The molecule has 2 heterocycles. The van der Waals surface area contributed by atoms with Crippen LogP contribution in [0.15, 0.2) is 36.0 Å². The maximum absolute atomic E-state index is 12.9. The van der Waals surface area contributed by atoms with Crippen LogP contribution in [0, 0.1) is 5.92 Å². The Kier molecular flexibility index (Phi) is 6.71. The molecular weight excluding hydrogens is 390 g/mol. The van der Waals surface area contributed by atoms with Gasteiger partial charge in [0.2, 0.25) is 0 Å². The van der Waals surface area contributed by atoms with Crippen LogP contribution in [0.1, 0.15) is 26.7 Å². The van der Waals surface area contributed by atoms with E-state index in [2.05, 4.69) is 5.32 Å². The number of urea groups is 1. The van der Waals surface area contributed by atoms with Gasteiger partial charge in [-0.1, -0.05) is 0 Å². The molecule has 3 rings (SSSR count). The standard InChI is InChI=1S/C21H25N3O6/c1-3-29-16-7-5-15(6-8-16)24-19(26)17(18(25)22-21(24)28)13-23-11-9-14(10-12-23)20(27)30-4-2/h5-8,13-14H,3-4,9-12H2,1-2H3,(H,22,25,28). The van der Waals surface area contributed by atoms with Crippen molar-refractivity contribution < 1.29 is 28.7 Å². The average Bonchev–Trinajstić information content (AvgIpc) is 2.73. The van der Waals surface area contributed by atoms with Gasteiger partial charge in [-0.3, -0.25) is 19.7 Å². The van der Waals surface area contributed by atoms with E-state index in [0.717, 1.165) is 4.90 Å². The van der Waals surface area contributed by atoms with Gasteiger partial charge in [-0.25, -0.2) is 9.69 Å². The molecule has 0 radical (unpaired) electrons. The molecule has 9 heteroatoms. The number of barbiturate groups is 1. The van der Waals surface area contributed by atoms with Crippen LogP contribution >= 0.6 is 0 Å². The predicted octanol–water partition coefficient (Wildman–Crippen LogP) is 1.83. The first-order valence-electron chi connectivity index (χ1n) is 9.99. The number of imide groups is 2. The van der Waals surface area contributed by atoms with Crippen molar-refractivity contribution in [1.82, 2.24) is 10.2 Å². The van der Waals surface area contributed by atoms with E-state index in [0.29, 0.717) is 50.6 Å².